The highest BCUT2D eigenvalue weighted by molar-refractivity contribution is 5.05. The molecule has 1 aliphatic heterocycles. The van der Waals surface area contributed by atoms with Crippen LogP contribution in [-0.2, 0) is 6.54 Å². The molecular formula is C12H22N4. The van der Waals surface area contributed by atoms with Gasteiger partial charge in [0.25, 0.3) is 0 Å². The lowest BCUT2D eigenvalue weighted by Gasteiger charge is -2.37. The van der Waals surface area contributed by atoms with Gasteiger partial charge in [-0.05, 0) is 27.9 Å². The first-order valence-corrected chi connectivity index (χ1v) is 5.97. The largest absolute Gasteiger partial charge is 0.328 e. The van der Waals surface area contributed by atoms with Crippen molar-refractivity contribution >= 4 is 0 Å². The molecule has 2 rings (SSSR count). The molecule has 1 atom stereocenters. The molecule has 4 heteroatoms. The summed E-state index contributed by atoms with van der Waals surface area (Å²) in [6.45, 7) is 7.75. The summed E-state index contributed by atoms with van der Waals surface area (Å²) < 4.78 is 2.33. The highest BCUT2D eigenvalue weighted by atomic mass is 15.3. The molecule has 4 nitrogen and oxygen atoms in total. The van der Waals surface area contributed by atoms with Crippen LogP contribution in [0.3, 0.4) is 0 Å². The van der Waals surface area contributed by atoms with E-state index in [1.807, 2.05) is 12.5 Å². The lowest BCUT2D eigenvalue weighted by atomic mass is 10.1. The van der Waals surface area contributed by atoms with Crippen LogP contribution in [0.5, 0.6) is 0 Å². The van der Waals surface area contributed by atoms with Gasteiger partial charge in [0.1, 0.15) is 0 Å². The maximum absolute atomic E-state index is 4.27. The average Bonchev–Trinajstić information content (AvgIpc) is 2.64. The Morgan fingerprint density at radius 3 is 2.88 bits per heavy atom. The minimum Gasteiger partial charge on any atom is -0.328 e. The van der Waals surface area contributed by atoms with E-state index in [4.69, 9.17) is 0 Å². The highest BCUT2D eigenvalue weighted by Gasteiger charge is 2.26. The molecule has 0 saturated carbocycles. The third kappa shape index (κ3) is 2.28. The van der Waals surface area contributed by atoms with Gasteiger partial charge < -0.3 is 9.47 Å². The van der Waals surface area contributed by atoms with Crippen molar-refractivity contribution in [2.75, 3.05) is 27.2 Å². The van der Waals surface area contributed by atoms with E-state index in [9.17, 15) is 0 Å². The fourth-order valence-electron chi connectivity index (χ4n) is 2.38. The van der Waals surface area contributed by atoms with Gasteiger partial charge in [-0.25, -0.2) is 4.98 Å². The Morgan fingerprint density at radius 2 is 2.25 bits per heavy atom. The number of hydrogen-bond acceptors (Lipinski definition) is 3. The van der Waals surface area contributed by atoms with Crippen molar-refractivity contribution in [1.82, 2.24) is 19.4 Å². The number of fused-ring (bicyclic) bond motifs is 1. The van der Waals surface area contributed by atoms with E-state index >= 15 is 0 Å². The normalized spacial score (nSPS) is 21.8. The third-order valence-corrected chi connectivity index (χ3v) is 3.26. The first kappa shape index (κ1) is 11.6. The first-order chi connectivity index (χ1) is 7.58. The summed E-state index contributed by atoms with van der Waals surface area (Å²) >= 11 is 0. The van der Waals surface area contributed by atoms with Crippen LogP contribution in [0.2, 0.25) is 0 Å². The number of imidazole rings is 1. The zero-order valence-corrected chi connectivity index (χ0v) is 10.7. The van der Waals surface area contributed by atoms with Gasteiger partial charge in [-0.3, -0.25) is 4.90 Å². The molecule has 0 N–H and O–H groups in total. The second-order valence-electron chi connectivity index (χ2n) is 5.23. The van der Waals surface area contributed by atoms with E-state index in [1.54, 1.807) is 0 Å². The number of nitrogens with zero attached hydrogens (tertiary/aromatic N) is 4. The van der Waals surface area contributed by atoms with E-state index in [2.05, 4.69) is 47.3 Å². The molecule has 0 radical (unpaired) electrons. The monoisotopic (exact) mass is 222 g/mol. The fourth-order valence-corrected chi connectivity index (χ4v) is 2.38. The Balaban J connectivity index is 2.19. The van der Waals surface area contributed by atoms with E-state index in [1.165, 1.54) is 5.69 Å². The van der Waals surface area contributed by atoms with Crippen molar-refractivity contribution in [1.29, 1.82) is 0 Å². The maximum atomic E-state index is 4.27. The molecular weight excluding hydrogens is 200 g/mol. The smallest absolute Gasteiger partial charge is 0.0952 e. The van der Waals surface area contributed by atoms with Crippen molar-refractivity contribution in [3.63, 3.8) is 0 Å². The molecule has 90 valence electrons. The molecule has 1 aromatic rings. The van der Waals surface area contributed by atoms with Crippen molar-refractivity contribution in [3.8, 4) is 0 Å². The molecule has 0 bridgehead atoms. The topological polar surface area (TPSA) is 24.3 Å². The van der Waals surface area contributed by atoms with Gasteiger partial charge in [0.05, 0.1) is 18.1 Å². The van der Waals surface area contributed by atoms with Crippen LogP contribution in [0.4, 0.5) is 0 Å². The molecule has 0 saturated heterocycles. The van der Waals surface area contributed by atoms with Crippen molar-refractivity contribution in [2.24, 2.45) is 0 Å². The Kier molecular flexibility index (Phi) is 3.30. The zero-order chi connectivity index (χ0) is 11.7. The summed E-state index contributed by atoms with van der Waals surface area (Å²) in [7, 11) is 4.26. The van der Waals surface area contributed by atoms with E-state index in [0.29, 0.717) is 12.1 Å². The van der Waals surface area contributed by atoms with Gasteiger partial charge in [0.2, 0.25) is 0 Å². The lowest BCUT2D eigenvalue weighted by Crippen LogP contribution is -2.43. The summed E-state index contributed by atoms with van der Waals surface area (Å²) in [6, 6.07) is 1.14. The van der Waals surface area contributed by atoms with E-state index < -0.39 is 0 Å². The maximum Gasteiger partial charge on any atom is 0.0952 e. The first-order valence-electron chi connectivity index (χ1n) is 5.97. The summed E-state index contributed by atoms with van der Waals surface area (Å²) in [6.07, 6.45) is 3.97. The molecule has 0 aromatic carbocycles. The number of likely N-dealkylation sites (N-methyl/N-ethyl adjacent to an activating group) is 1. The molecule has 0 fully saturated rings. The van der Waals surface area contributed by atoms with E-state index in [-0.39, 0.29) is 0 Å². The van der Waals surface area contributed by atoms with Crippen LogP contribution in [-0.4, -0.2) is 52.6 Å². The standard InChI is InChI=1S/C12H22N4/c1-10(2)15-7-11-5-13-9-16(11)12(8-15)6-14(3)4/h5,9-10,12H,6-8H2,1-4H3/t12-/m0/s1. The molecule has 0 aliphatic carbocycles. The van der Waals surface area contributed by atoms with Gasteiger partial charge in [-0.1, -0.05) is 0 Å². The van der Waals surface area contributed by atoms with Gasteiger partial charge in [-0.15, -0.1) is 0 Å². The van der Waals surface area contributed by atoms with Gasteiger partial charge >= 0.3 is 0 Å². The quantitative estimate of drug-likeness (QED) is 0.768. The van der Waals surface area contributed by atoms with E-state index in [0.717, 1.165) is 19.6 Å². The minimum absolute atomic E-state index is 0.531. The molecule has 2 heterocycles. The Hall–Kier alpha value is -0.870. The van der Waals surface area contributed by atoms with Gasteiger partial charge in [-0.2, -0.15) is 0 Å². The predicted octanol–water partition coefficient (Wildman–Crippen LogP) is 1.21. The number of aromatic nitrogens is 2. The predicted molar refractivity (Wildman–Crippen MR) is 65.4 cm³/mol. The number of hydrogen-bond donors (Lipinski definition) is 0. The molecule has 1 aliphatic rings. The Bertz CT molecular complexity index is 343. The second kappa shape index (κ2) is 4.55. The Morgan fingerprint density at radius 1 is 1.50 bits per heavy atom. The van der Waals surface area contributed by atoms with Crippen LogP contribution in [0.15, 0.2) is 12.5 Å². The van der Waals surface area contributed by atoms with Crippen molar-refractivity contribution < 1.29 is 0 Å². The summed E-state index contributed by atoms with van der Waals surface area (Å²) in [5, 5.41) is 0. The Labute approximate surface area is 97.9 Å². The molecule has 0 spiro atoms. The van der Waals surface area contributed by atoms with Crippen LogP contribution >= 0.6 is 0 Å². The second-order valence-corrected chi connectivity index (χ2v) is 5.23. The van der Waals surface area contributed by atoms with Gasteiger partial charge in [0.15, 0.2) is 0 Å². The lowest BCUT2D eigenvalue weighted by molar-refractivity contribution is 0.132. The average molecular weight is 222 g/mol. The summed E-state index contributed by atoms with van der Waals surface area (Å²) in [5.41, 5.74) is 1.34. The fraction of sp³-hybridized carbons (Fsp3) is 0.750. The molecule has 0 amide bonds. The highest BCUT2D eigenvalue weighted by Crippen LogP contribution is 2.22. The van der Waals surface area contributed by atoms with Crippen LogP contribution in [0.1, 0.15) is 25.6 Å². The molecule has 16 heavy (non-hydrogen) atoms. The molecule has 1 aromatic heterocycles. The van der Waals surface area contributed by atoms with Crippen molar-refractivity contribution in [3.05, 3.63) is 18.2 Å². The SMILES string of the molecule is CC(C)N1Cc2cncn2[C@@H](CN(C)C)C1. The van der Waals surface area contributed by atoms with Crippen LogP contribution < -0.4 is 0 Å². The minimum atomic E-state index is 0.531. The van der Waals surface area contributed by atoms with Crippen LogP contribution in [0.25, 0.3) is 0 Å². The molecule has 0 unspecified atom stereocenters. The summed E-state index contributed by atoms with van der Waals surface area (Å²) in [4.78, 5) is 9.04. The third-order valence-electron chi connectivity index (χ3n) is 3.26. The summed E-state index contributed by atoms with van der Waals surface area (Å²) in [5.74, 6) is 0. The number of rotatable bonds is 3. The van der Waals surface area contributed by atoms with Crippen molar-refractivity contribution in [2.45, 2.75) is 32.5 Å². The van der Waals surface area contributed by atoms with Crippen LogP contribution in [0, 0.1) is 0 Å². The van der Waals surface area contributed by atoms with Gasteiger partial charge in [0, 0.05) is 31.9 Å². The zero-order valence-electron chi connectivity index (χ0n) is 10.7.